The van der Waals surface area contributed by atoms with Crippen LogP contribution in [-0.2, 0) is 4.74 Å². The van der Waals surface area contributed by atoms with Gasteiger partial charge in [0, 0.05) is 24.3 Å². The van der Waals surface area contributed by atoms with Crippen molar-refractivity contribution in [2.45, 2.75) is 18.9 Å². The van der Waals surface area contributed by atoms with E-state index in [2.05, 4.69) is 0 Å². The van der Waals surface area contributed by atoms with Crippen molar-refractivity contribution >= 4 is 24.0 Å². The molecule has 0 saturated carbocycles. The molecule has 1 fully saturated rings. The summed E-state index contributed by atoms with van der Waals surface area (Å²) in [6, 6.07) is 4.27. The Kier molecular flexibility index (Phi) is 5.67. The topological polar surface area (TPSA) is 35.2 Å². The number of nitrogens with two attached hydrogens (primary N) is 1. The standard InChI is InChI=1S/C12H15ClFNO.ClH/c13-11-7-9(14)1-2-10(11)12(15)8-3-5-16-6-4-8;/h1-2,7-8,12H,3-6,15H2;1H/t12-;/m1./s1. The van der Waals surface area contributed by atoms with Crippen molar-refractivity contribution in [1.82, 2.24) is 0 Å². The third-order valence-corrected chi connectivity index (χ3v) is 3.42. The van der Waals surface area contributed by atoms with Gasteiger partial charge in [-0.05, 0) is 36.5 Å². The van der Waals surface area contributed by atoms with Gasteiger partial charge in [-0.15, -0.1) is 12.4 Å². The van der Waals surface area contributed by atoms with E-state index in [9.17, 15) is 4.39 Å². The highest BCUT2D eigenvalue weighted by molar-refractivity contribution is 6.31. The normalized spacial score (nSPS) is 18.5. The van der Waals surface area contributed by atoms with Gasteiger partial charge in [-0.25, -0.2) is 4.39 Å². The lowest BCUT2D eigenvalue weighted by atomic mass is 9.88. The van der Waals surface area contributed by atoms with Crippen molar-refractivity contribution in [2.24, 2.45) is 11.7 Å². The van der Waals surface area contributed by atoms with Crippen LogP contribution in [0.25, 0.3) is 0 Å². The zero-order valence-corrected chi connectivity index (χ0v) is 10.9. The smallest absolute Gasteiger partial charge is 0.124 e. The molecule has 17 heavy (non-hydrogen) atoms. The summed E-state index contributed by atoms with van der Waals surface area (Å²) in [5.74, 6) is 0.0460. The maximum absolute atomic E-state index is 12.9. The van der Waals surface area contributed by atoms with Crippen LogP contribution in [0, 0.1) is 11.7 Å². The maximum Gasteiger partial charge on any atom is 0.124 e. The molecule has 0 aliphatic carbocycles. The first-order chi connectivity index (χ1) is 7.68. The molecular formula is C12H16Cl2FNO. The number of halogens is 3. The van der Waals surface area contributed by atoms with E-state index in [0.29, 0.717) is 10.9 Å². The summed E-state index contributed by atoms with van der Waals surface area (Å²) in [4.78, 5) is 0. The number of hydrogen-bond acceptors (Lipinski definition) is 2. The second-order valence-electron chi connectivity index (χ2n) is 4.14. The average Bonchev–Trinajstić information content (AvgIpc) is 2.29. The molecule has 5 heteroatoms. The summed E-state index contributed by atoms with van der Waals surface area (Å²) in [6.45, 7) is 1.49. The molecule has 0 amide bonds. The van der Waals surface area contributed by atoms with Crippen LogP contribution >= 0.6 is 24.0 Å². The Balaban J connectivity index is 0.00000144. The molecule has 1 aromatic carbocycles. The first-order valence-corrected chi connectivity index (χ1v) is 5.84. The Morgan fingerprint density at radius 2 is 2.00 bits per heavy atom. The Morgan fingerprint density at radius 1 is 1.35 bits per heavy atom. The molecule has 1 heterocycles. The molecule has 1 saturated heterocycles. The minimum absolute atomic E-state index is 0. The zero-order valence-electron chi connectivity index (χ0n) is 9.36. The average molecular weight is 280 g/mol. The molecule has 1 aliphatic heterocycles. The molecule has 1 aliphatic rings. The van der Waals surface area contributed by atoms with Gasteiger partial charge in [0.05, 0.1) is 0 Å². The Hall–Kier alpha value is -0.350. The first-order valence-electron chi connectivity index (χ1n) is 5.47. The lowest BCUT2D eigenvalue weighted by Gasteiger charge is -2.28. The van der Waals surface area contributed by atoms with Gasteiger partial charge < -0.3 is 10.5 Å². The van der Waals surface area contributed by atoms with Crippen LogP contribution in [-0.4, -0.2) is 13.2 Å². The predicted octanol–water partition coefficient (Wildman–Crippen LogP) is 3.33. The van der Waals surface area contributed by atoms with Crippen LogP contribution in [0.15, 0.2) is 18.2 Å². The van der Waals surface area contributed by atoms with Gasteiger partial charge in [0.2, 0.25) is 0 Å². The van der Waals surface area contributed by atoms with E-state index in [-0.39, 0.29) is 24.3 Å². The molecule has 1 atom stereocenters. The lowest BCUT2D eigenvalue weighted by molar-refractivity contribution is 0.0584. The quantitative estimate of drug-likeness (QED) is 0.901. The number of ether oxygens (including phenoxy) is 1. The first kappa shape index (κ1) is 14.7. The minimum Gasteiger partial charge on any atom is -0.381 e. The van der Waals surface area contributed by atoms with E-state index in [4.69, 9.17) is 22.1 Å². The summed E-state index contributed by atoms with van der Waals surface area (Å²) in [7, 11) is 0. The van der Waals surface area contributed by atoms with Crippen LogP contribution in [0.1, 0.15) is 24.4 Å². The third kappa shape index (κ3) is 3.55. The van der Waals surface area contributed by atoms with Crippen molar-refractivity contribution in [3.8, 4) is 0 Å². The van der Waals surface area contributed by atoms with Crippen LogP contribution in [0.5, 0.6) is 0 Å². The fourth-order valence-corrected chi connectivity index (χ4v) is 2.39. The van der Waals surface area contributed by atoms with Gasteiger partial charge in [-0.1, -0.05) is 17.7 Å². The van der Waals surface area contributed by atoms with Crippen LogP contribution in [0.2, 0.25) is 5.02 Å². The molecule has 0 unspecified atom stereocenters. The summed E-state index contributed by atoms with van der Waals surface area (Å²) >= 11 is 5.99. The van der Waals surface area contributed by atoms with Crippen molar-refractivity contribution in [2.75, 3.05) is 13.2 Å². The van der Waals surface area contributed by atoms with E-state index in [1.807, 2.05) is 0 Å². The van der Waals surface area contributed by atoms with E-state index < -0.39 is 0 Å². The summed E-state index contributed by atoms with van der Waals surface area (Å²) < 4.78 is 18.2. The van der Waals surface area contributed by atoms with E-state index >= 15 is 0 Å². The van der Waals surface area contributed by atoms with Crippen molar-refractivity contribution < 1.29 is 9.13 Å². The Bertz CT molecular complexity index is 370. The zero-order chi connectivity index (χ0) is 11.5. The van der Waals surface area contributed by atoms with Crippen LogP contribution in [0.3, 0.4) is 0 Å². The second kappa shape index (κ2) is 6.55. The summed E-state index contributed by atoms with van der Waals surface area (Å²) in [5.41, 5.74) is 6.99. The number of rotatable bonds is 2. The lowest BCUT2D eigenvalue weighted by Crippen LogP contribution is -2.27. The van der Waals surface area contributed by atoms with Crippen LogP contribution < -0.4 is 5.73 Å². The molecule has 0 aromatic heterocycles. The molecule has 96 valence electrons. The highest BCUT2D eigenvalue weighted by Crippen LogP contribution is 2.32. The molecular weight excluding hydrogens is 264 g/mol. The number of hydrogen-bond donors (Lipinski definition) is 1. The van der Waals surface area contributed by atoms with Gasteiger partial charge in [-0.3, -0.25) is 0 Å². The molecule has 2 N–H and O–H groups in total. The fraction of sp³-hybridized carbons (Fsp3) is 0.500. The largest absolute Gasteiger partial charge is 0.381 e. The van der Waals surface area contributed by atoms with E-state index in [1.54, 1.807) is 6.07 Å². The van der Waals surface area contributed by atoms with E-state index in [1.165, 1.54) is 12.1 Å². The van der Waals surface area contributed by atoms with Crippen molar-refractivity contribution in [3.05, 3.63) is 34.6 Å². The monoisotopic (exact) mass is 279 g/mol. The third-order valence-electron chi connectivity index (χ3n) is 3.10. The summed E-state index contributed by atoms with van der Waals surface area (Å²) in [6.07, 6.45) is 1.88. The maximum atomic E-state index is 12.9. The van der Waals surface area contributed by atoms with E-state index in [0.717, 1.165) is 31.6 Å². The summed E-state index contributed by atoms with van der Waals surface area (Å²) in [5, 5.41) is 0.416. The highest BCUT2D eigenvalue weighted by Gasteiger charge is 2.23. The SMILES string of the molecule is Cl.N[C@@H](c1ccc(F)cc1Cl)C1CCOCC1. The van der Waals surface area contributed by atoms with Crippen molar-refractivity contribution in [1.29, 1.82) is 0 Å². The molecule has 2 nitrogen and oxygen atoms in total. The minimum atomic E-state index is -0.326. The Morgan fingerprint density at radius 3 is 2.59 bits per heavy atom. The van der Waals surface area contributed by atoms with Crippen LogP contribution in [0.4, 0.5) is 4.39 Å². The van der Waals surface area contributed by atoms with Gasteiger partial charge in [0.25, 0.3) is 0 Å². The molecule has 1 aromatic rings. The fourth-order valence-electron chi connectivity index (χ4n) is 2.10. The molecule has 2 rings (SSSR count). The molecule has 0 radical (unpaired) electrons. The highest BCUT2D eigenvalue weighted by atomic mass is 35.5. The predicted molar refractivity (Wildman–Crippen MR) is 69.1 cm³/mol. The Labute approximate surface area is 112 Å². The van der Waals surface area contributed by atoms with Gasteiger partial charge in [0.1, 0.15) is 5.82 Å². The van der Waals surface area contributed by atoms with Gasteiger partial charge >= 0.3 is 0 Å². The van der Waals surface area contributed by atoms with Crippen molar-refractivity contribution in [3.63, 3.8) is 0 Å². The molecule has 0 bridgehead atoms. The second-order valence-corrected chi connectivity index (χ2v) is 4.55. The number of benzene rings is 1. The van der Waals surface area contributed by atoms with Gasteiger partial charge in [-0.2, -0.15) is 0 Å². The molecule has 0 spiro atoms. The van der Waals surface area contributed by atoms with Gasteiger partial charge in [0.15, 0.2) is 0 Å².